The number of carbonyl (C=O) groups excluding carboxylic acids is 1. The Morgan fingerprint density at radius 2 is 1.71 bits per heavy atom. The average molecular weight is 609 g/mol. The molecule has 0 aliphatic carbocycles. The molecule has 5 aromatic rings. The summed E-state index contributed by atoms with van der Waals surface area (Å²) in [6.07, 6.45) is 3.37. The van der Waals surface area contributed by atoms with Crippen LogP contribution in [0.1, 0.15) is 20.7 Å². The van der Waals surface area contributed by atoms with Gasteiger partial charge in [-0.25, -0.2) is 19.6 Å². The van der Waals surface area contributed by atoms with Gasteiger partial charge in [0.2, 0.25) is 0 Å². The highest BCUT2D eigenvalue weighted by Crippen LogP contribution is 2.33. The number of hydrogen-bond donors (Lipinski definition) is 2. The number of aromatic carboxylic acids is 1. The van der Waals surface area contributed by atoms with Gasteiger partial charge in [-0.3, -0.25) is 0 Å². The van der Waals surface area contributed by atoms with E-state index in [1.54, 1.807) is 54.6 Å². The third kappa shape index (κ3) is 7.55. The van der Waals surface area contributed by atoms with Crippen molar-refractivity contribution in [2.45, 2.75) is 6.54 Å². The van der Waals surface area contributed by atoms with E-state index in [4.69, 9.17) is 25.8 Å². The Labute approximate surface area is 252 Å². The van der Waals surface area contributed by atoms with E-state index in [2.05, 4.69) is 15.3 Å². The van der Waals surface area contributed by atoms with Crippen LogP contribution in [0, 0.1) is 0 Å². The molecule has 5 rings (SSSR count). The third-order valence-electron chi connectivity index (χ3n) is 6.00. The van der Waals surface area contributed by atoms with Crippen molar-refractivity contribution in [3.63, 3.8) is 0 Å². The van der Waals surface area contributed by atoms with Gasteiger partial charge in [-0.1, -0.05) is 35.9 Å². The molecule has 216 valence electrons. The zero-order chi connectivity index (χ0) is 28.6. The summed E-state index contributed by atoms with van der Waals surface area (Å²) < 4.78 is 18.7. The molecule has 0 radical (unpaired) electrons. The first-order valence-electron chi connectivity index (χ1n) is 12.7. The summed E-state index contributed by atoms with van der Waals surface area (Å²) in [6.45, 7) is 1.34. The molecule has 0 bridgehead atoms. The van der Waals surface area contributed by atoms with Gasteiger partial charge in [-0.2, -0.15) is 0 Å². The molecule has 2 N–H and O–H groups in total. The third-order valence-corrected chi connectivity index (χ3v) is 6.30. The minimum atomic E-state index is -1.04. The molecule has 0 aliphatic rings. The van der Waals surface area contributed by atoms with Gasteiger partial charge in [0.25, 0.3) is 0 Å². The van der Waals surface area contributed by atoms with Crippen molar-refractivity contribution in [1.82, 2.24) is 14.5 Å². The predicted octanol–water partition coefficient (Wildman–Crippen LogP) is 6.61. The van der Waals surface area contributed by atoms with E-state index in [1.165, 1.54) is 18.5 Å². The Morgan fingerprint density at radius 3 is 2.50 bits per heavy atom. The first-order valence-corrected chi connectivity index (χ1v) is 13.0. The monoisotopic (exact) mass is 608 g/mol. The molecule has 0 atom stereocenters. The van der Waals surface area contributed by atoms with Gasteiger partial charge in [0.15, 0.2) is 5.82 Å². The molecule has 2 aromatic heterocycles. The number of carboxylic acid groups (broad SMARTS) is 1. The van der Waals surface area contributed by atoms with Crippen molar-refractivity contribution in [3.05, 3.63) is 108 Å². The van der Waals surface area contributed by atoms with Crippen molar-refractivity contribution in [1.29, 1.82) is 0 Å². The van der Waals surface area contributed by atoms with Crippen LogP contribution in [0.5, 0.6) is 11.5 Å². The molecular weight excluding hydrogens is 583 g/mol. The molecule has 2 heterocycles. The lowest BCUT2D eigenvalue weighted by Gasteiger charge is -2.13. The van der Waals surface area contributed by atoms with Gasteiger partial charge in [0.05, 0.1) is 34.9 Å². The molecule has 0 spiro atoms. The summed E-state index contributed by atoms with van der Waals surface area (Å²) in [5, 5.41) is 12.8. The second kappa shape index (κ2) is 14.3. The average Bonchev–Trinajstić information content (AvgIpc) is 3.41. The smallest absolute Gasteiger partial charge is 0.338 e. The van der Waals surface area contributed by atoms with Crippen LogP contribution >= 0.6 is 24.0 Å². The Kier molecular flexibility index (Phi) is 10.3. The summed E-state index contributed by atoms with van der Waals surface area (Å²) in [5.41, 5.74) is 2.83. The molecule has 10 nitrogen and oxygen atoms in total. The maximum absolute atomic E-state index is 12.0. The van der Waals surface area contributed by atoms with E-state index in [9.17, 15) is 14.7 Å². The highest BCUT2D eigenvalue weighted by molar-refractivity contribution is 6.32. The molecule has 3 aromatic carbocycles. The van der Waals surface area contributed by atoms with Gasteiger partial charge < -0.3 is 29.2 Å². The highest BCUT2D eigenvalue weighted by atomic mass is 35.5. The van der Waals surface area contributed by atoms with Crippen molar-refractivity contribution >= 4 is 58.5 Å². The number of esters is 1. The standard InChI is InChI=1S/C30H25ClN4O6.ClH/c31-24-18-22(9-10-26(24)41-23-8-4-7-21(17-23)29(36)37)34-28-27-25(32-19-33-28)11-12-35(27)13-14-39-15-16-40-30(38)20-5-2-1-3-6-20;/h1-12,17-19H,13-16H2,(H,36,37)(H,32,33,34);1H. The Hall–Kier alpha value is -4.64. The van der Waals surface area contributed by atoms with Crippen LogP contribution in [-0.2, 0) is 16.0 Å². The lowest BCUT2D eigenvalue weighted by atomic mass is 10.2. The summed E-state index contributed by atoms with van der Waals surface area (Å²) in [7, 11) is 0. The number of benzene rings is 3. The molecule has 0 amide bonds. The van der Waals surface area contributed by atoms with Gasteiger partial charge in [-0.05, 0) is 54.6 Å². The predicted molar refractivity (Wildman–Crippen MR) is 161 cm³/mol. The van der Waals surface area contributed by atoms with E-state index in [0.29, 0.717) is 46.7 Å². The topological polar surface area (TPSA) is 125 Å². The number of carbonyl (C=O) groups is 2. The number of hydrogen-bond acceptors (Lipinski definition) is 8. The van der Waals surface area contributed by atoms with Crippen LogP contribution in [0.25, 0.3) is 11.0 Å². The van der Waals surface area contributed by atoms with E-state index in [-0.39, 0.29) is 37.2 Å². The molecule has 0 saturated carbocycles. The number of carboxylic acids is 1. The number of rotatable bonds is 12. The molecular formula is C30H26Cl2N4O6. The normalized spacial score (nSPS) is 10.6. The van der Waals surface area contributed by atoms with Crippen LogP contribution in [0.15, 0.2) is 91.4 Å². The zero-order valence-corrected chi connectivity index (χ0v) is 23.7. The number of aromatic nitrogens is 3. The van der Waals surface area contributed by atoms with Crippen molar-refractivity contribution in [3.8, 4) is 11.5 Å². The van der Waals surface area contributed by atoms with Gasteiger partial charge in [0, 0.05) is 18.4 Å². The van der Waals surface area contributed by atoms with Gasteiger partial charge in [0.1, 0.15) is 29.9 Å². The first kappa shape index (κ1) is 30.3. The molecule has 0 aliphatic heterocycles. The van der Waals surface area contributed by atoms with Crippen molar-refractivity contribution in [2.24, 2.45) is 0 Å². The Bertz CT molecular complexity index is 1680. The number of ether oxygens (including phenoxy) is 3. The zero-order valence-electron chi connectivity index (χ0n) is 22.1. The minimum absolute atomic E-state index is 0. The van der Waals surface area contributed by atoms with Crippen LogP contribution in [-0.4, -0.2) is 51.4 Å². The second-order valence-corrected chi connectivity index (χ2v) is 9.19. The summed E-state index contributed by atoms with van der Waals surface area (Å²) in [5.74, 6) is -0.110. The van der Waals surface area contributed by atoms with Crippen molar-refractivity contribution in [2.75, 3.05) is 25.1 Å². The summed E-state index contributed by atoms with van der Waals surface area (Å²) >= 11 is 6.47. The fourth-order valence-corrected chi connectivity index (χ4v) is 4.26. The van der Waals surface area contributed by atoms with Crippen LogP contribution in [0.3, 0.4) is 0 Å². The lowest BCUT2D eigenvalue weighted by Crippen LogP contribution is -2.13. The molecule has 0 saturated heterocycles. The molecule has 42 heavy (non-hydrogen) atoms. The molecule has 0 fully saturated rings. The Morgan fingerprint density at radius 1 is 0.905 bits per heavy atom. The number of anilines is 2. The fourth-order valence-electron chi connectivity index (χ4n) is 4.04. The van der Waals surface area contributed by atoms with E-state index in [1.807, 2.05) is 22.9 Å². The summed E-state index contributed by atoms with van der Waals surface area (Å²) in [4.78, 5) is 32.0. The van der Waals surface area contributed by atoms with Crippen LogP contribution < -0.4 is 10.1 Å². The van der Waals surface area contributed by atoms with Gasteiger partial charge in [-0.15, -0.1) is 12.4 Å². The van der Waals surface area contributed by atoms with E-state index in [0.717, 1.165) is 11.0 Å². The fraction of sp³-hybridized carbons (Fsp3) is 0.133. The van der Waals surface area contributed by atoms with E-state index < -0.39 is 5.97 Å². The molecule has 0 unspecified atom stereocenters. The van der Waals surface area contributed by atoms with Crippen LogP contribution in [0.4, 0.5) is 11.5 Å². The largest absolute Gasteiger partial charge is 0.478 e. The van der Waals surface area contributed by atoms with E-state index >= 15 is 0 Å². The Balaban J connectivity index is 0.00000405. The number of nitrogens with one attached hydrogen (secondary N) is 1. The number of nitrogens with zero attached hydrogens (tertiary/aromatic N) is 3. The lowest BCUT2D eigenvalue weighted by molar-refractivity contribution is 0.0307. The van der Waals surface area contributed by atoms with Crippen molar-refractivity contribution < 1.29 is 28.9 Å². The second-order valence-electron chi connectivity index (χ2n) is 8.78. The SMILES string of the molecule is Cl.O=C(O)c1cccc(Oc2ccc(Nc3ncnc4ccn(CCOCCOC(=O)c5ccccc5)c34)cc2Cl)c1. The van der Waals surface area contributed by atoms with Crippen LogP contribution in [0.2, 0.25) is 5.02 Å². The van der Waals surface area contributed by atoms with Gasteiger partial charge >= 0.3 is 11.9 Å². The quantitative estimate of drug-likeness (QED) is 0.119. The molecule has 12 heteroatoms. The maximum atomic E-state index is 12.0. The first-order chi connectivity index (χ1) is 20.0. The summed E-state index contributed by atoms with van der Waals surface area (Å²) in [6, 6.07) is 22.0. The number of fused-ring (bicyclic) bond motifs is 1. The minimum Gasteiger partial charge on any atom is -0.478 e. The maximum Gasteiger partial charge on any atom is 0.338 e. The highest BCUT2D eigenvalue weighted by Gasteiger charge is 2.12. The number of halogens is 2.